The molecule has 1 saturated heterocycles. The molecule has 1 fully saturated rings. The molecule has 0 saturated carbocycles. The number of carbonyl (C=O) groups excluding carboxylic acids is 1. The van der Waals surface area contributed by atoms with E-state index in [9.17, 15) is 4.79 Å². The molecular weight excluding hydrogens is 270 g/mol. The van der Waals surface area contributed by atoms with E-state index in [0.29, 0.717) is 18.8 Å². The number of carbonyl (C=O) groups is 1. The quantitative estimate of drug-likeness (QED) is 0.620. The Morgan fingerprint density at radius 2 is 2.10 bits per heavy atom. The lowest BCUT2D eigenvalue weighted by atomic mass is 10.1. The van der Waals surface area contributed by atoms with Crippen molar-refractivity contribution in [3.8, 4) is 0 Å². The summed E-state index contributed by atoms with van der Waals surface area (Å²) in [7, 11) is 0. The predicted molar refractivity (Wildman–Crippen MR) is 82.4 cm³/mol. The molecule has 2 N–H and O–H groups in total. The number of nitrogens with zero attached hydrogens (tertiary/aromatic N) is 1. The summed E-state index contributed by atoms with van der Waals surface area (Å²) in [4.78, 5) is 13.9. The molecule has 1 rings (SSSR count). The Hall–Kier alpha value is -1.72. The van der Waals surface area contributed by atoms with E-state index in [1.54, 1.807) is 4.90 Å². The first-order valence-electron chi connectivity index (χ1n) is 7.27. The van der Waals surface area contributed by atoms with Crippen LogP contribution in [0.4, 0.5) is 4.79 Å². The Morgan fingerprint density at radius 1 is 1.48 bits per heavy atom. The summed E-state index contributed by atoms with van der Waals surface area (Å²) in [6, 6.07) is 0.0228. The van der Waals surface area contributed by atoms with Gasteiger partial charge < -0.3 is 20.2 Å². The minimum atomic E-state index is -0.523. The van der Waals surface area contributed by atoms with Gasteiger partial charge in [0.25, 0.3) is 0 Å². The van der Waals surface area contributed by atoms with Crippen LogP contribution >= 0.6 is 0 Å². The molecule has 1 aliphatic rings. The highest BCUT2D eigenvalue weighted by atomic mass is 16.6. The normalized spacial score (nSPS) is 21.7. The maximum atomic E-state index is 12.3. The fourth-order valence-electron chi connectivity index (χ4n) is 1.94. The van der Waals surface area contributed by atoms with Crippen molar-refractivity contribution >= 4 is 12.3 Å². The van der Waals surface area contributed by atoms with Gasteiger partial charge in [0.2, 0.25) is 0 Å². The standard InChI is InChI=1S/C15H27N3O3/c1-10(2)20-13(7-16)12-9-18(11(3)8-17-12)14(19)21-15(4,5)6/h7,10-11,16-17H,8-9H2,1-6H3/b13-12+,16-7?. The van der Waals surface area contributed by atoms with Gasteiger partial charge in [-0.25, -0.2) is 4.79 Å². The van der Waals surface area contributed by atoms with Gasteiger partial charge in [-0.15, -0.1) is 0 Å². The van der Waals surface area contributed by atoms with E-state index in [-0.39, 0.29) is 18.2 Å². The smallest absolute Gasteiger partial charge is 0.410 e. The first kappa shape index (κ1) is 17.3. The number of ether oxygens (including phenoxy) is 2. The average molecular weight is 297 g/mol. The molecule has 0 bridgehead atoms. The van der Waals surface area contributed by atoms with Crippen LogP contribution in [-0.2, 0) is 9.47 Å². The largest absolute Gasteiger partial charge is 0.488 e. The summed E-state index contributed by atoms with van der Waals surface area (Å²) in [5.74, 6) is 0.463. The molecule has 6 nitrogen and oxygen atoms in total. The zero-order chi connectivity index (χ0) is 16.2. The van der Waals surface area contributed by atoms with Crippen LogP contribution in [0.2, 0.25) is 0 Å². The van der Waals surface area contributed by atoms with Crippen LogP contribution in [0.15, 0.2) is 11.5 Å². The third kappa shape index (κ3) is 5.28. The monoisotopic (exact) mass is 297 g/mol. The van der Waals surface area contributed by atoms with Crippen LogP contribution in [0.5, 0.6) is 0 Å². The van der Waals surface area contributed by atoms with E-state index in [1.165, 1.54) is 6.21 Å². The second-order valence-corrected chi connectivity index (χ2v) is 6.49. The molecule has 6 heteroatoms. The molecule has 0 aromatic carbocycles. The second kappa shape index (κ2) is 6.83. The number of amides is 1. The minimum Gasteiger partial charge on any atom is -0.488 e. The van der Waals surface area contributed by atoms with Crippen LogP contribution in [0.3, 0.4) is 0 Å². The minimum absolute atomic E-state index is 0.0228. The van der Waals surface area contributed by atoms with E-state index < -0.39 is 5.60 Å². The molecule has 120 valence electrons. The maximum absolute atomic E-state index is 12.3. The van der Waals surface area contributed by atoms with E-state index in [2.05, 4.69) is 5.32 Å². The highest BCUT2D eigenvalue weighted by Gasteiger charge is 2.30. The predicted octanol–water partition coefficient (Wildman–Crippen LogP) is 2.50. The Balaban J connectivity index is 2.89. The summed E-state index contributed by atoms with van der Waals surface area (Å²) < 4.78 is 11.0. The van der Waals surface area contributed by atoms with Crippen molar-refractivity contribution in [2.45, 2.75) is 59.3 Å². The van der Waals surface area contributed by atoms with Crippen LogP contribution in [-0.4, -0.2) is 48.0 Å². The number of piperazine rings is 1. The van der Waals surface area contributed by atoms with E-state index >= 15 is 0 Å². The molecule has 1 amide bonds. The number of rotatable bonds is 3. The van der Waals surface area contributed by atoms with Crippen LogP contribution in [0.25, 0.3) is 0 Å². The highest BCUT2D eigenvalue weighted by Crippen LogP contribution is 2.17. The molecule has 0 spiro atoms. The molecule has 1 atom stereocenters. The number of hydrogen-bond acceptors (Lipinski definition) is 5. The molecule has 21 heavy (non-hydrogen) atoms. The fourth-order valence-corrected chi connectivity index (χ4v) is 1.94. The summed E-state index contributed by atoms with van der Waals surface area (Å²) in [5, 5.41) is 10.7. The summed E-state index contributed by atoms with van der Waals surface area (Å²) in [6.07, 6.45) is 0.805. The van der Waals surface area contributed by atoms with Crippen molar-refractivity contribution in [2.75, 3.05) is 13.1 Å². The van der Waals surface area contributed by atoms with Gasteiger partial charge in [0, 0.05) is 12.6 Å². The van der Waals surface area contributed by atoms with E-state index in [1.807, 2.05) is 41.5 Å². The molecule has 1 heterocycles. The van der Waals surface area contributed by atoms with Gasteiger partial charge in [0.1, 0.15) is 5.60 Å². The third-order valence-electron chi connectivity index (χ3n) is 2.89. The maximum Gasteiger partial charge on any atom is 0.410 e. The van der Waals surface area contributed by atoms with Crippen LogP contribution in [0.1, 0.15) is 41.5 Å². The lowest BCUT2D eigenvalue weighted by molar-refractivity contribution is 0.0162. The zero-order valence-electron chi connectivity index (χ0n) is 13.8. The van der Waals surface area contributed by atoms with Gasteiger partial charge in [-0.05, 0) is 41.5 Å². The molecule has 0 aromatic rings. The Bertz CT molecular complexity index is 424. The topological polar surface area (TPSA) is 74.7 Å². The van der Waals surface area contributed by atoms with Crippen molar-refractivity contribution < 1.29 is 14.3 Å². The van der Waals surface area contributed by atoms with Crippen LogP contribution < -0.4 is 5.32 Å². The molecule has 0 aromatic heterocycles. The number of hydrogen-bond donors (Lipinski definition) is 2. The van der Waals surface area contributed by atoms with E-state index in [0.717, 1.165) is 5.70 Å². The van der Waals surface area contributed by atoms with Gasteiger partial charge in [0.15, 0.2) is 5.76 Å². The van der Waals surface area contributed by atoms with Crippen molar-refractivity contribution in [1.29, 1.82) is 5.41 Å². The van der Waals surface area contributed by atoms with Gasteiger partial charge in [-0.3, -0.25) is 4.90 Å². The third-order valence-corrected chi connectivity index (χ3v) is 2.89. The van der Waals surface area contributed by atoms with Crippen molar-refractivity contribution in [1.82, 2.24) is 10.2 Å². The molecule has 1 unspecified atom stereocenters. The lowest BCUT2D eigenvalue weighted by Gasteiger charge is -2.37. The Kier molecular flexibility index (Phi) is 5.63. The SMILES string of the molecule is CC(C)O/C(C=N)=C1\CN(C(=O)OC(C)(C)C)C(C)CN1. The zero-order valence-corrected chi connectivity index (χ0v) is 13.8. The summed E-state index contributed by atoms with van der Waals surface area (Å²) in [6.45, 7) is 12.3. The molecular formula is C15H27N3O3. The number of nitrogens with one attached hydrogen (secondary N) is 2. The molecule has 0 aliphatic carbocycles. The fraction of sp³-hybridized carbons (Fsp3) is 0.733. The van der Waals surface area contributed by atoms with Crippen molar-refractivity contribution in [3.63, 3.8) is 0 Å². The Morgan fingerprint density at radius 3 is 2.57 bits per heavy atom. The van der Waals surface area contributed by atoms with Crippen molar-refractivity contribution in [3.05, 3.63) is 11.5 Å². The van der Waals surface area contributed by atoms with Gasteiger partial charge in [-0.1, -0.05) is 0 Å². The van der Waals surface area contributed by atoms with Crippen LogP contribution in [0, 0.1) is 5.41 Å². The first-order valence-corrected chi connectivity index (χ1v) is 7.27. The van der Waals surface area contributed by atoms with Crippen molar-refractivity contribution in [2.24, 2.45) is 0 Å². The molecule has 1 aliphatic heterocycles. The highest BCUT2D eigenvalue weighted by molar-refractivity contribution is 5.75. The van der Waals surface area contributed by atoms with Gasteiger partial charge in [-0.2, -0.15) is 0 Å². The number of allylic oxidation sites excluding steroid dienone is 1. The van der Waals surface area contributed by atoms with Gasteiger partial charge >= 0.3 is 6.09 Å². The summed E-state index contributed by atoms with van der Waals surface area (Å²) >= 11 is 0. The average Bonchev–Trinajstić information content (AvgIpc) is 2.34. The Labute approximate surface area is 127 Å². The lowest BCUT2D eigenvalue weighted by Crippen LogP contribution is -2.52. The van der Waals surface area contributed by atoms with E-state index in [4.69, 9.17) is 14.9 Å². The summed E-state index contributed by atoms with van der Waals surface area (Å²) in [5.41, 5.74) is 0.215. The second-order valence-electron chi connectivity index (χ2n) is 6.49. The first-order chi connectivity index (χ1) is 9.64. The van der Waals surface area contributed by atoms with Gasteiger partial charge in [0.05, 0.1) is 24.6 Å². The molecule has 0 radical (unpaired) electrons.